The average molecular weight is 290 g/mol. The molecule has 1 aliphatic carbocycles. The van der Waals surface area contributed by atoms with E-state index in [1.165, 1.54) is 11.5 Å². The first kappa shape index (κ1) is 13.7. The number of aliphatic carboxylic acids is 1. The van der Waals surface area contributed by atoms with Crippen LogP contribution in [0.1, 0.15) is 31.4 Å². The van der Waals surface area contributed by atoms with Crippen molar-refractivity contribution in [2.24, 2.45) is 11.8 Å². The van der Waals surface area contributed by atoms with Gasteiger partial charge in [-0.1, -0.05) is 16.1 Å². The molecule has 0 unspecified atom stereocenters. The topological polar surface area (TPSA) is 75.1 Å². The SMILES string of the molecule is O=C(O)C1CCC(CNCc2nnsc2Cl)CC1. The zero-order chi connectivity index (χ0) is 13.0. The van der Waals surface area contributed by atoms with Gasteiger partial charge >= 0.3 is 5.97 Å². The van der Waals surface area contributed by atoms with E-state index in [0.29, 0.717) is 16.8 Å². The van der Waals surface area contributed by atoms with Crippen LogP contribution in [0, 0.1) is 11.8 Å². The number of aromatic nitrogens is 2. The van der Waals surface area contributed by atoms with Gasteiger partial charge in [-0.05, 0) is 38.1 Å². The van der Waals surface area contributed by atoms with E-state index in [1.54, 1.807) is 0 Å². The lowest BCUT2D eigenvalue weighted by atomic mass is 9.82. The number of carboxylic acids is 1. The summed E-state index contributed by atoms with van der Waals surface area (Å²) in [5.74, 6) is -0.230. The maximum absolute atomic E-state index is 10.8. The molecule has 0 amide bonds. The van der Waals surface area contributed by atoms with E-state index in [-0.39, 0.29) is 5.92 Å². The largest absolute Gasteiger partial charge is 0.481 e. The Kier molecular flexibility index (Phi) is 4.91. The van der Waals surface area contributed by atoms with E-state index >= 15 is 0 Å². The van der Waals surface area contributed by atoms with Crippen molar-refractivity contribution in [2.45, 2.75) is 32.2 Å². The molecule has 0 bridgehead atoms. The molecular weight excluding hydrogens is 274 g/mol. The molecule has 1 heterocycles. The lowest BCUT2D eigenvalue weighted by Crippen LogP contribution is -2.28. The summed E-state index contributed by atoms with van der Waals surface area (Å²) in [5, 5.41) is 16.2. The zero-order valence-corrected chi connectivity index (χ0v) is 11.5. The maximum Gasteiger partial charge on any atom is 0.306 e. The number of nitrogens with one attached hydrogen (secondary N) is 1. The van der Waals surface area contributed by atoms with Crippen molar-refractivity contribution in [1.29, 1.82) is 0 Å². The van der Waals surface area contributed by atoms with Crippen molar-refractivity contribution >= 4 is 29.1 Å². The molecule has 18 heavy (non-hydrogen) atoms. The van der Waals surface area contributed by atoms with Crippen LogP contribution in [-0.2, 0) is 11.3 Å². The van der Waals surface area contributed by atoms with Crippen LogP contribution >= 0.6 is 23.1 Å². The summed E-state index contributed by atoms with van der Waals surface area (Å²) in [7, 11) is 0. The number of carbonyl (C=O) groups is 1. The van der Waals surface area contributed by atoms with Gasteiger partial charge in [-0.2, -0.15) is 0 Å². The van der Waals surface area contributed by atoms with Gasteiger partial charge in [-0.15, -0.1) is 5.10 Å². The predicted octanol–water partition coefficient (Wildman–Crippen LogP) is 2.17. The number of nitrogens with zero attached hydrogens (tertiary/aromatic N) is 2. The Bertz CT molecular complexity index is 405. The molecule has 0 aromatic carbocycles. The van der Waals surface area contributed by atoms with Crippen LogP contribution in [0.25, 0.3) is 0 Å². The molecule has 1 saturated carbocycles. The molecule has 0 saturated heterocycles. The van der Waals surface area contributed by atoms with Crippen LogP contribution in [0.15, 0.2) is 0 Å². The minimum Gasteiger partial charge on any atom is -0.481 e. The second kappa shape index (κ2) is 6.45. The van der Waals surface area contributed by atoms with Crippen molar-refractivity contribution in [3.8, 4) is 0 Å². The monoisotopic (exact) mass is 289 g/mol. The minimum absolute atomic E-state index is 0.140. The highest BCUT2D eigenvalue weighted by Crippen LogP contribution is 2.28. The fourth-order valence-electron chi connectivity index (χ4n) is 2.31. The molecule has 0 atom stereocenters. The fourth-order valence-corrected chi connectivity index (χ4v) is 2.94. The van der Waals surface area contributed by atoms with Crippen LogP contribution in [-0.4, -0.2) is 27.2 Å². The van der Waals surface area contributed by atoms with E-state index in [0.717, 1.165) is 37.9 Å². The maximum atomic E-state index is 10.8. The summed E-state index contributed by atoms with van der Waals surface area (Å²) in [6.07, 6.45) is 3.54. The van der Waals surface area contributed by atoms with Gasteiger partial charge < -0.3 is 10.4 Å². The normalized spacial score (nSPS) is 24.1. The van der Waals surface area contributed by atoms with Crippen LogP contribution in [0.5, 0.6) is 0 Å². The van der Waals surface area contributed by atoms with Crippen molar-refractivity contribution in [2.75, 3.05) is 6.54 Å². The van der Waals surface area contributed by atoms with Gasteiger partial charge in [0.2, 0.25) is 0 Å². The van der Waals surface area contributed by atoms with Crippen molar-refractivity contribution in [1.82, 2.24) is 14.9 Å². The molecule has 1 aliphatic rings. The van der Waals surface area contributed by atoms with Gasteiger partial charge in [-0.25, -0.2) is 0 Å². The van der Waals surface area contributed by atoms with Crippen LogP contribution in [0.3, 0.4) is 0 Å². The third kappa shape index (κ3) is 3.63. The Balaban J connectivity index is 1.67. The summed E-state index contributed by atoms with van der Waals surface area (Å²) in [6.45, 7) is 1.52. The Labute approximate surface area is 115 Å². The Morgan fingerprint density at radius 3 is 2.72 bits per heavy atom. The fraction of sp³-hybridized carbons (Fsp3) is 0.727. The molecule has 100 valence electrons. The molecule has 5 nitrogen and oxygen atoms in total. The van der Waals surface area contributed by atoms with E-state index < -0.39 is 5.97 Å². The molecule has 2 rings (SSSR count). The van der Waals surface area contributed by atoms with Gasteiger partial charge in [0.15, 0.2) is 0 Å². The van der Waals surface area contributed by atoms with Crippen molar-refractivity contribution < 1.29 is 9.90 Å². The standard InChI is InChI=1S/C11H16ClN3O2S/c12-10-9(14-15-18-10)6-13-5-7-1-3-8(4-2-7)11(16)17/h7-8,13H,1-6H2,(H,16,17). The number of hydrogen-bond acceptors (Lipinski definition) is 5. The van der Waals surface area contributed by atoms with E-state index in [1.807, 2.05) is 0 Å². The summed E-state index contributed by atoms with van der Waals surface area (Å²) in [5.41, 5.74) is 0.792. The molecule has 2 N–H and O–H groups in total. The molecule has 1 aromatic rings. The summed E-state index contributed by atoms with van der Waals surface area (Å²) < 4.78 is 4.41. The van der Waals surface area contributed by atoms with Gasteiger partial charge in [0.05, 0.1) is 5.92 Å². The number of hydrogen-bond donors (Lipinski definition) is 2. The summed E-state index contributed by atoms with van der Waals surface area (Å²) in [6, 6.07) is 0. The smallest absolute Gasteiger partial charge is 0.306 e. The zero-order valence-electron chi connectivity index (χ0n) is 9.93. The van der Waals surface area contributed by atoms with Crippen molar-refractivity contribution in [3.05, 3.63) is 10.0 Å². The summed E-state index contributed by atoms with van der Waals surface area (Å²) in [4.78, 5) is 10.8. The lowest BCUT2D eigenvalue weighted by Gasteiger charge is -2.26. The van der Waals surface area contributed by atoms with Crippen molar-refractivity contribution in [3.63, 3.8) is 0 Å². The number of halogens is 1. The van der Waals surface area contributed by atoms with Gasteiger partial charge in [-0.3, -0.25) is 4.79 Å². The highest BCUT2D eigenvalue weighted by Gasteiger charge is 2.25. The highest BCUT2D eigenvalue weighted by atomic mass is 35.5. The first-order chi connectivity index (χ1) is 8.66. The van der Waals surface area contributed by atoms with Crippen LogP contribution in [0.2, 0.25) is 4.34 Å². The molecule has 0 spiro atoms. The average Bonchev–Trinajstić information content (AvgIpc) is 2.76. The van der Waals surface area contributed by atoms with Gasteiger partial charge in [0, 0.05) is 18.1 Å². The van der Waals surface area contributed by atoms with E-state index in [4.69, 9.17) is 16.7 Å². The molecule has 0 radical (unpaired) electrons. The first-order valence-electron chi connectivity index (χ1n) is 6.07. The number of rotatable bonds is 5. The predicted molar refractivity (Wildman–Crippen MR) is 69.7 cm³/mol. The third-order valence-corrected chi connectivity index (χ3v) is 4.42. The molecule has 7 heteroatoms. The Morgan fingerprint density at radius 2 is 2.17 bits per heavy atom. The second-order valence-corrected chi connectivity index (χ2v) is 6.04. The van der Waals surface area contributed by atoms with Gasteiger partial charge in [0.1, 0.15) is 10.0 Å². The minimum atomic E-state index is -0.651. The quantitative estimate of drug-likeness (QED) is 0.869. The Morgan fingerprint density at radius 1 is 1.44 bits per heavy atom. The third-order valence-electron chi connectivity index (χ3n) is 3.43. The van der Waals surface area contributed by atoms with E-state index in [9.17, 15) is 4.79 Å². The number of carboxylic acid groups (broad SMARTS) is 1. The summed E-state index contributed by atoms with van der Waals surface area (Å²) >= 11 is 7.10. The molecule has 1 fully saturated rings. The molecular formula is C11H16ClN3O2S. The van der Waals surface area contributed by atoms with Gasteiger partial charge in [0.25, 0.3) is 0 Å². The lowest BCUT2D eigenvalue weighted by molar-refractivity contribution is -0.143. The second-order valence-electron chi connectivity index (χ2n) is 4.68. The Hall–Kier alpha value is -0.720. The molecule has 1 aromatic heterocycles. The molecule has 0 aliphatic heterocycles. The van der Waals surface area contributed by atoms with Crippen LogP contribution < -0.4 is 5.32 Å². The van der Waals surface area contributed by atoms with E-state index in [2.05, 4.69) is 14.9 Å². The first-order valence-corrected chi connectivity index (χ1v) is 7.22. The highest BCUT2D eigenvalue weighted by molar-refractivity contribution is 7.10. The van der Waals surface area contributed by atoms with Crippen LogP contribution in [0.4, 0.5) is 0 Å².